The SMILES string of the molecule is CC(C)NC(=O)NC[C@H]1O[C@@H](CC(=O)NCc2cccnc2)[C@H](O)[C@@H]1O. The van der Waals surface area contributed by atoms with Gasteiger partial charge in [0.15, 0.2) is 0 Å². The fraction of sp³-hybridized carbons (Fsp3) is 0.588. The monoisotopic (exact) mass is 366 g/mol. The van der Waals surface area contributed by atoms with E-state index in [0.29, 0.717) is 6.54 Å². The van der Waals surface area contributed by atoms with E-state index < -0.39 is 24.4 Å². The topological polar surface area (TPSA) is 133 Å². The Kier molecular flexibility index (Phi) is 7.31. The number of nitrogens with zero attached hydrogens (tertiary/aromatic N) is 1. The molecule has 1 aromatic heterocycles. The molecule has 1 aromatic rings. The first-order chi connectivity index (χ1) is 12.4. The van der Waals surface area contributed by atoms with Crippen molar-refractivity contribution >= 4 is 11.9 Å². The zero-order valence-corrected chi connectivity index (χ0v) is 14.9. The Morgan fingerprint density at radius 3 is 2.62 bits per heavy atom. The van der Waals surface area contributed by atoms with Crippen molar-refractivity contribution in [3.8, 4) is 0 Å². The van der Waals surface area contributed by atoms with Gasteiger partial charge in [0.1, 0.15) is 18.3 Å². The lowest BCUT2D eigenvalue weighted by molar-refractivity contribution is -0.125. The summed E-state index contributed by atoms with van der Waals surface area (Å²) >= 11 is 0. The van der Waals surface area contributed by atoms with Crippen LogP contribution in [0.5, 0.6) is 0 Å². The molecular formula is C17H26N4O5. The van der Waals surface area contributed by atoms with E-state index in [9.17, 15) is 19.8 Å². The molecule has 1 saturated heterocycles. The number of pyridine rings is 1. The first-order valence-electron chi connectivity index (χ1n) is 8.58. The normalized spacial score (nSPS) is 25.1. The molecule has 1 aliphatic rings. The minimum atomic E-state index is -1.20. The van der Waals surface area contributed by atoms with Crippen molar-refractivity contribution in [2.45, 2.75) is 57.3 Å². The highest BCUT2D eigenvalue weighted by atomic mass is 16.5. The van der Waals surface area contributed by atoms with Gasteiger partial charge in [0.05, 0.1) is 12.5 Å². The van der Waals surface area contributed by atoms with Gasteiger partial charge in [0.2, 0.25) is 5.91 Å². The van der Waals surface area contributed by atoms with E-state index in [1.165, 1.54) is 0 Å². The Morgan fingerprint density at radius 1 is 1.23 bits per heavy atom. The number of amides is 3. The van der Waals surface area contributed by atoms with Crippen LogP contribution in [0.4, 0.5) is 4.79 Å². The highest BCUT2D eigenvalue weighted by Gasteiger charge is 2.43. The molecule has 2 rings (SSSR count). The van der Waals surface area contributed by atoms with Crippen molar-refractivity contribution in [2.24, 2.45) is 0 Å². The number of carbonyl (C=O) groups excluding carboxylic acids is 2. The van der Waals surface area contributed by atoms with Crippen molar-refractivity contribution in [3.05, 3.63) is 30.1 Å². The van der Waals surface area contributed by atoms with Crippen LogP contribution < -0.4 is 16.0 Å². The predicted octanol–water partition coefficient (Wildman–Crippen LogP) is -0.715. The lowest BCUT2D eigenvalue weighted by Gasteiger charge is -2.16. The average Bonchev–Trinajstić information content (AvgIpc) is 2.86. The minimum absolute atomic E-state index is 0.0220. The summed E-state index contributed by atoms with van der Waals surface area (Å²) in [5.74, 6) is -0.309. The Balaban J connectivity index is 1.77. The number of rotatable bonds is 7. The van der Waals surface area contributed by atoms with Gasteiger partial charge < -0.3 is 30.9 Å². The van der Waals surface area contributed by atoms with Gasteiger partial charge in [0.25, 0.3) is 0 Å². The van der Waals surface area contributed by atoms with Crippen LogP contribution in [0.3, 0.4) is 0 Å². The number of nitrogens with one attached hydrogen (secondary N) is 3. The molecule has 1 fully saturated rings. The van der Waals surface area contributed by atoms with E-state index in [4.69, 9.17) is 4.74 Å². The van der Waals surface area contributed by atoms with Crippen LogP contribution in [0.25, 0.3) is 0 Å². The Labute approximate surface area is 152 Å². The molecule has 9 heteroatoms. The highest BCUT2D eigenvalue weighted by Crippen LogP contribution is 2.23. The highest BCUT2D eigenvalue weighted by molar-refractivity contribution is 5.76. The zero-order chi connectivity index (χ0) is 19.1. The molecule has 4 atom stereocenters. The maximum Gasteiger partial charge on any atom is 0.315 e. The second-order valence-electron chi connectivity index (χ2n) is 6.55. The molecule has 0 radical (unpaired) electrons. The summed E-state index contributed by atoms with van der Waals surface area (Å²) in [4.78, 5) is 27.6. The second kappa shape index (κ2) is 9.46. The summed E-state index contributed by atoms with van der Waals surface area (Å²) in [5.41, 5.74) is 0.854. The zero-order valence-electron chi connectivity index (χ0n) is 14.9. The molecule has 9 nitrogen and oxygen atoms in total. The molecule has 0 spiro atoms. The quantitative estimate of drug-likeness (QED) is 0.433. The third-order valence-corrected chi connectivity index (χ3v) is 3.94. The van der Waals surface area contributed by atoms with E-state index in [0.717, 1.165) is 5.56 Å². The summed E-state index contributed by atoms with van der Waals surface area (Å²) in [7, 11) is 0. The summed E-state index contributed by atoms with van der Waals surface area (Å²) in [6.45, 7) is 4.00. The Morgan fingerprint density at radius 2 is 1.96 bits per heavy atom. The van der Waals surface area contributed by atoms with E-state index in [1.54, 1.807) is 18.5 Å². The summed E-state index contributed by atoms with van der Waals surface area (Å²) in [6, 6.07) is 3.20. The number of aliphatic hydroxyl groups excluding tert-OH is 2. The maximum absolute atomic E-state index is 12.0. The van der Waals surface area contributed by atoms with E-state index in [-0.39, 0.29) is 30.9 Å². The molecule has 0 aliphatic carbocycles. The number of aliphatic hydroxyl groups is 2. The van der Waals surface area contributed by atoms with Gasteiger partial charge in [-0.05, 0) is 25.5 Å². The van der Waals surface area contributed by atoms with E-state index in [1.807, 2.05) is 19.9 Å². The lowest BCUT2D eigenvalue weighted by atomic mass is 10.1. The molecule has 0 saturated carbocycles. The number of ether oxygens (including phenoxy) is 1. The third-order valence-electron chi connectivity index (χ3n) is 3.94. The first kappa shape index (κ1) is 20.1. The van der Waals surface area contributed by atoms with Gasteiger partial charge >= 0.3 is 6.03 Å². The van der Waals surface area contributed by atoms with E-state index >= 15 is 0 Å². The number of hydrogen-bond donors (Lipinski definition) is 5. The molecule has 144 valence electrons. The minimum Gasteiger partial charge on any atom is -0.388 e. The maximum atomic E-state index is 12.0. The van der Waals surface area contributed by atoms with Crippen molar-refractivity contribution in [3.63, 3.8) is 0 Å². The van der Waals surface area contributed by atoms with Crippen LogP contribution >= 0.6 is 0 Å². The van der Waals surface area contributed by atoms with Gasteiger partial charge in [0, 0.05) is 31.5 Å². The number of hydrogen-bond acceptors (Lipinski definition) is 6. The Bertz CT molecular complexity index is 598. The average molecular weight is 366 g/mol. The molecule has 0 unspecified atom stereocenters. The van der Waals surface area contributed by atoms with Gasteiger partial charge in [-0.2, -0.15) is 0 Å². The molecule has 26 heavy (non-hydrogen) atoms. The molecule has 1 aliphatic heterocycles. The van der Waals surface area contributed by atoms with Crippen LogP contribution in [0.1, 0.15) is 25.8 Å². The Hall–Kier alpha value is -2.23. The lowest BCUT2D eigenvalue weighted by Crippen LogP contribution is -2.45. The molecule has 0 aromatic carbocycles. The standard InChI is InChI=1S/C17H26N4O5/c1-10(2)21-17(25)20-9-13-16(24)15(23)12(26-13)6-14(22)19-8-11-4-3-5-18-7-11/h3-5,7,10,12-13,15-16,23-24H,6,8-9H2,1-2H3,(H,19,22)(H2,20,21,25)/t12-,13+,15-,16+/m0/s1. The van der Waals surface area contributed by atoms with Gasteiger partial charge in [-0.15, -0.1) is 0 Å². The van der Waals surface area contributed by atoms with Gasteiger partial charge in [-0.1, -0.05) is 6.07 Å². The van der Waals surface area contributed by atoms with Crippen LogP contribution in [0.15, 0.2) is 24.5 Å². The largest absolute Gasteiger partial charge is 0.388 e. The van der Waals surface area contributed by atoms with Gasteiger partial charge in [-0.25, -0.2) is 4.79 Å². The van der Waals surface area contributed by atoms with Crippen molar-refractivity contribution in [1.29, 1.82) is 0 Å². The molecular weight excluding hydrogens is 340 g/mol. The smallest absolute Gasteiger partial charge is 0.315 e. The molecule has 0 bridgehead atoms. The predicted molar refractivity (Wildman–Crippen MR) is 93.0 cm³/mol. The molecule has 2 heterocycles. The summed E-state index contributed by atoms with van der Waals surface area (Å²) in [5, 5.41) is 28.1. The first-order valence-corrected chi connectivity index (χ1v) is 8.58. The van der Waals surface area contributed by atoms with E-state index in [2.05, 4.69) is 20.9 Å². The number of urea groups is 1. The molecule has 5 N–H and O–H groups in total. The third kappa shape index (κ3) is 5.94. The van der Waals surface area contributed by atoms with Crippen molar-refractivity contribution < 1.29 is 24.5 Å². The molecule has 3 amide bonds. The van der Waals surface area contributed by atoms with Crippen molar-refractivity contribution in [1.82, 2.24) is 20.9 Å². The number of carbonyl (C=O) groups is 2. The van der Waals surface area contributed by atoms with Crippen LogP contribution in [0.2, 0.25) is 0 Å². The summed E-state index contributed by atoms with van der Waals surface area (Å²) in [6.07, 6.45) is -0.782. The van der Waals surface area contributed by atoms with Gasteiger partial charge in [-0.3, -0.25) is 9.78 Å². The van der Waals surface area contributed by atoms with Crippen LogP contribution in [-0.4, -0.2) is 64.1 Å². The fourth-order valence-electron chi connectivity index (χ4n) is 2.63. The number of aromatic nitrogens is 1. The second-order valence-corrected chi connectivity index (χ2v) is 6.55. The van der Waals surface area contributed by atoms with Crippen LogP contribution in [-0.2, 0) is 16.1 Å². The van der Waals surface area contributed by atoms with Crippen LogP contribution in [0, 0.1) is 0 Å². The fourth-order valence-corrected chi connectivity index (χ4v) is 2.63. The van der Waals surface area contributed by atoms with Crippen molar-refractivity contribution in [2.75, 3.05) is 6.54 Å². The summed E-state index contributed by atoms with van der Waals surface area (Å²) < 4.78 is 5.55.